The zero-order chi connectivity index (χ0) is 23.3. The highest BCUT2D eigenvalue weighted by Gasteiger charge is 2.40. The van der Waals surface area contributed by atoms with Crippen molar-refractivity contribution in [2.24, 2.45) is 0 Å². The van der Waals surface area contributed by atoms with E-state index in [1.807, 2.05) is 0 Å². The highest BCUT2D eigenvalue weighted by molar-refractivity contribution is 5.66. The van der Waals surface area contributed by atoms with Crippen molar-refractivity contribution in [2.45, 2.75) is 71.3 Å². The Bertz CT molecular complexity index is 1070. The predicted molar refractivity (Wildman–Crippen MR) is 111 cm³/mol. The number of nitrogens with one attached hydrogen (secondary N) is 1. The van der Waals surface area contributed by atoms with Gasteiger partial charge >= 0.3 is 17.6 Å². The van der Waals surface area contributed by atoms with E-state index in [4.69, 9.17) is 18.7 Å². The van der Waals surface area contributed by atoms with E-state index in [0.29, 0.717) is 0 Å². The minimum absolute atomic E-state index is 0.120. The minimum atomic E-state index is -0.852. The number of carbonyl (C=O) groups excluding carboxylic acids is 2. The number of rotatable bonds is 9. The highest BCUT2D eigenvalue weighted by Crippen LogP contribution is 2.31. The lowest BCUT2D eigenvalue weighted by atomic mass is 10.1. The SMILES string of the molecule is CCCCCc1cc(-c2cn([C@H]3C[C@H](OC(C)=O)[C@@H](COC(C)=O)O3)c(=O)[nH]c2=O)on1. The van der Waals surface area contributed by atoms with Crippen LogP contribution in [0, 0.1) is 0 Å². The molecular formula is C21H27N3O8. The molecule has 3 heterocycles. The summed E-state index contributed by atoms with van der Waals surface area (Å²) in [5.74, 6) is -0.807. The molecule has 0 radical (unpaired) electrons. The monoisotopic (exact) mass is 449 g/mol. The third kappa shape index (κ3) is 5.72. The van der Waals surface area contributed by atoms with Crippen molar-refractivity contribution in [1.29, 1.82) is 0 Å². The van der Waals surface area contributed by atoms with Crippen molar-refractivity contribution in [3.63, 3.8) is 0 Å². The van der Waals surface area contributed by atoms with Crippen LogP contribution < -0.4 is 11.2 Å². The molecule has 0 bridgehead atoms. The van der Waals surface area contributed by atoms with E-state index >= 15 is 0 Å². The number of nitrogens with zero attached hydrogens (tertiary/aromatic N) is 2. The maximum atomic E-state index is 12.5. The van der Waals surface area contributed by atoms with Crippen molar-refractivity contribution in [3.8, 4) is 11.3 Å². The van der Waals surface area contributed by atoms with Gasteiger partial charge in [-0.25, -0.2) is 4.79 Å². The van der Waals surface area contributed by atoms with Crippen LogP contribution in [-0.2, 0) is 30.2 Å². The Morgan fingerprint density at radius 2 is 2.03 bits per heavy atom. The molecule has 174 valence electrons. The van der Waals surface area contributed by atoms with Gasteiger partial charge in [0.15, 0.2) is 5.76 Å². The van der Waals surface area contributed by atoms with Crippen LogP contribution in [-0.4, -0.2) is 45.5 Å². The number of hydrogen-bond acceptors (Lipinski definition) is 9. The van der Waals surface area contributed by atoms with Crippen molar-refractivity contribution in [2.75, 3.05) is 6.61 Å². The minimum Gasteiger partial charge on any atom is -0.463 e. The summed E-state index contributed by atoms with van der Waals surface area (Å²) in [6.07, 6.45) is 2.94. The molecule has 11 heteroatoms. The smallest absolute Gasteiger partial charge is 0.330 e. The molecule has 0 aromatic carbocycles. The number of esters is 2. The Labute approximate surface area is 183 Å². The number of carbonyl (C=O) groups is 2. The maximum Gasteiger partial charge on any atom is 0.330 e. The summed E-state index contributed by atoms with van der Waals surface area (Å²) < 4.78 is 22.6. The van der Waals surface area contributed by atoms with Crippen molar-refractivity contribution < 1.29 is 28.3 Å². The molecule has 3 atom stereocenters. The number of unbranched alkanes of at least 4 members (excludes halogenated alkanes) is 2. The van der Waals surface area contributed by atoms with Gasteiger partial charge < -0.3 is 18.7 Å². The zero-order valence-corrected chi connectivity index (χ0v) is 18.3. The third-order valence-electron chi connectivity index (χ3n) is 5.09. The average Bonchev–Trinajstić information content (AvgIpc) is 3.33. The van der Waals surface area contributed by atoms with Gasteiger partial charge in [0.2, 0.25) is 0 Å². The van der Waals surface area contributed by atoms with Crippen LogP contribution in [0.2, 0.25) is 0 Å². The number of hydrogen-bond donors (Lipinski definition) is 1. The van der Waals surface area contributed by atoms with Crippen LogP contribution in [0.1, 0.15) is 58.4 Å². The molecule has 2 aromatic heterocycles. The topological polar surface area (TPSA) is 143 Å². The second-order valence-electron chi connectivity index (χ2n) is 7.66. The van der Waals surface area contributed by atoms with Gasteiger partial charge in [0.1, 0.15) is 30.6 Å². The Balaban J connectivity index is 1.85. The van der Waals surface area contributed by atoms with Gasteiger partial charge in [-0.05, 0) is 12.8 Å². The zero-order valence-electron chi connectivity index (χ0n) is 18.3. The van der Waals surface area contributed by atoms with E-state index in [2.05, 4.69) is 17.1 Å². The number of H-pyrrole nitrogens is 1. The van der Waals surface area contributed by atoms with Crippen LogP contribution >= 0.6 is 0 Å². The standard InChI is InChI=1S/C21H27N3O8/c1-4-5-6-7-14-8-16(32-23-14)15-10-24(21(28)22-20(15)27)19-9-17(30-13(3)26)18(31-19)11-29-12(2)25/h8,10,17-19H,4-7,9,11H2,1-3H3,(H,22,27,28)/t17-,18+,19+/m0/s1. The van der Waals surface area contributed by atoms with Gasteiger partial charge in [-0.15, -0.1) is 0 Å². The van der Waals surface area contributed by atoms with Gasteiger partial charge in [0, 0.05) is 32.5 Å². The summed E-state index contributed by atoms with van der Waals surface area (Å²) in [4.78, 5) is 49.8. The van der Waals surface area contributed by atoms with Crippen LogP contribution in [0.25, 0.3) is 11.3 Å². The fraction of sp³-hybridized carbons (Fsp3) is 0.571. The van der Waals surface area contributed by atoms with Crippen LogP contribution in [0.3, 0.4) is 0 Å². The molecule has 1 N–H and O–H groups in total. The van der Waals surface area contributed by atoms with E-state index in [9.17, 15) is 19.2 Å². The molecule has 1 aliphatic heterocycles. The Morgan fingerprint density at radius 1 is 1.25 bits per heavy atom. The third-order valence-corrected chi connectivity index (χ3v) is 5.09. The first-order chi connectivity index (χ1) is 15.3. The Morgan fingerprint density at radius 3 is 2.72 bits per heavy atom. The summed E-state index contributed by atoms with van der Waals surface area (Å²) in [6.45, 7) is 4.46. The van der Waals surface area contributed by atoms with Gasteiger partial charge in [0.05, 0.1) is 5.69 Å². The van der Waals surface area contributed by atoms with Gasteiger partial charge in [-0.1, -0.05) is 24.9 Å². The number of aromatic amines is 1. The van der Waals surface area contributed by atoms with Crippen LogP contribution in [0.5, 0.6) is 0 Å². The first-order valence-corrected chi connectivity index (χ1v) is 10.6. The van der Waals surface area contributed by atoms with E-state index in [1.165, 1.54) is 24.6 Å². The summed E-state index contributed by atoms with van der Waals surface area (Å²) >= 11 is 0. The van der Waals surface area contributed by atoms with E-state index < -0.39 is 41.6 Å². The van der Waals surface area contributed by atoms with Crippen LogP contribution in [0.4, 0.5) is 0 Å². The quantitative estimate of drug-likeness (QED) is 0.447. The molecule has 0 aliphatic carbocycles. The molecule has 1 fully saturated rings. The molecule has 11 nitrogen and oxygen atoms in total. The van der Waals surface area contributed by atoms with E-state index in [0.717, 1.165) is 31.4 Å². The van der Waals surface area contributed by atoms with E-state index in [1.54, 1.807) is 6.07 Å². The lowest BCUT2D eigenvalue weighted by Gasteiger charge is -2.17. The molecule has 0 amide bonds. The van der Waals surface area contributed by atoms with Crippen molar-refractivity contribution >= 4 is 11.9 Å². The lowest BCUT2D eigenvalue weighted by Crippen LogP contribution is -2.33. The van der Waals surface area contributed by atoms with E-state index in [-0.39, 0.29) is 24.4 Å². The first-order valence-electron chi connectivity index (χ1n) is 10.6. The molecule has 3 rings (SSSR count). The van der Waals surface area contributed by atoms with Crippen molar-refractivity contribution in [3.05, 3.63) is 38.8 Å². The maximum absolute atomic E-state index is 12.5. The number of aromatic nitrogens is 3. The van der Waals surface area contributed by atoms with Gasteiger partial charge in [0.25, 0.3) is 5.56 Å². The summed E-state index contributed by atoms with van der Waals surface area (Å²) in [6, 6.07) is 1.68. The highest BCUT2D eigenvalue weighted by atomic mass is 16.6. The fourth-order valence-corrected chi connectivity index (χ4v) is 3.55. The van der Waals surface area contributed by atoms with Crippen molar-refractivity contribution in [1.82, 2.24) is 14.7 Å². The summed E-state index contributed by atoms with van der Waals surface area (Å²) in [7, 11) is 0. The second kappa shape index (κ2) is 10.4. The molecular weight excluding hydrogens is 422 g/mol. The van der Waals surface area contributed by atoms with Gasteiger partial charge in [-0.3, -0.25) is 23.9 Å². The number of ether oxygens (including phenoxy) is 3. The summed E-state index contributed by atoms with van der Waals surface area (Å²) in [5, 5.41) is 4.00. The number of aryl methyl sites for hydroxylation is 1. The lowest BCUT2D eigenvalue weighted by molar-refractivity contribution is -0.155. The van der Waals surface area contributed by atoms with Gasteiger partial charge in [-0.2, -0.15) is 0 Å². The van der Waals surface area contributed by atoms with Crippen LogP contribution in [0.15, 0.2) is 26.4 Å². The Hall–Kier alpha value is -3.21. The predicted octanol–water partition coefficient (Wildman–Crippen LogP) is 1.71. The molecule has 0 spiro atoms. The molecule has 1 saturated heterocycles. The molecule has 32 heavy (non-hydrogen) atoms. The molecule has 0 unspecified atom stereocenters. The normalized spacial score (nSPS) is 20.3. The summed E-state index contributed by atoms with van der Waals surface area (Å²) in [5.41, 5.74) is -0.469. The second-order valence-corrected chi connectivity index (χ2v) is 7.66. The molecule has 1 aliphatic rings. The molecule has 0 saturated carbocycles. The largest absolute Gasteiger partial charge is 0.463 e. The fourth-order valence-electron chi connectivity index (χ4n) is 3.55. The average molecular weight is 449 g/mol. The first kappa shape index (κ1) is 23.5. The Kier molecular flexibility index (Phi) is 7.62. The molecule has 2 aromatic rings.